The van der Waals surface area contributed by atoms with Crippen LogP contribution >= 0.6 is 0 Å². The number of piperazine rings is 1. The molecule has 0 amide bonds. The van der Waals surface area contributed by atoms with Crippen LogP contribution in [0, 0.1) is 5.41 Å². The maximum Gasteiger partial charge on any atom is 0.416 e. The molecule has 10 nitrogen and oxygen atoms in total. The van der Waals surface area contributed by atoms with Crippen LogP contribution < -0.4 is 19.1 Å². The van der Waals surface area contributed by atoms with E-state index >= 15 is 0 Å². The third kappa shape index (κ3) is 8.10. The highest BCUT2D eigenvalue weighted by Gasteiger charge is 2.44. The van der Waals surface area contributed by atoms with Gasteiger partial charge in [0.2, 0.25) is 5.88 Å². The van der Waals surface area contributed by atoms with Crippen molar-refractivity contribution in [3.8, 4) is 17.4 Å². The summed E-state index contributed by atoms with van der Waals surface area (Å²) in [5.74, 6) is 0.194. The van der Waals surface area contributed by atoms with E-state index in [1.54, 1.807) is 16.7 Å². The van der Waals surface area contributed by atoms with Crippen molar-refractivity contribution < 1.29 is 50.5 Å². The van der Waals surface area contributed by atoms with Crippen LogP contribution in [0.25, 0.3) is 11.0 Å². The minimum atomic E-state index is -4.50. The number of benzene rings is 2. The van der Waals surface area contributed by atoms with Gasteiger partial charge in [-0.25, -0.2) is 18.6 Å². The second-order valence-electron chi connectivity index (χ2n) is 13.0. The Labute approximate surface area is 289 Å². The van der Waals surface area contributed by atoms with Gasteiger partial charge in [-0.1, -0.05) is 12.1 Å². The summed E-state index contributed by atoms with van der Waals surface area (Å²) < 4.78 is 97.8. The van der Waals surface area contributed by atoms with E-state index in [-0.39, 0.29) is 47.7 Å². The second-order valence-corrected chi connectivity index (χ2v) is 13.0. The molecule has 1 N–H and O–H groups in total. The lowest BCUT2D eigenvalue weighted by Gasteiger charge is -2.40. The first-order valence-electron chi connectivity index (χ1n) is 16.4. The Balaban J connectivity index is 1.18. The Kier molecular flexibility index (Phi) is 10.2. The molecule has 2 aromatic carbocycles. The van der Waals surface area contributed by atoms with Gasteiger partial charge in [-0.15, -0.1) is 0 Å². The average Bonchev–Trinajstić information content (AvgIpc) is 3.80. The molecular formula is C35H37F6N5O5. The predicted molar refractivity (Wildman–Crippen MR) is 174 cm³/mol. The second kappa shape index (κ2) is 14.5. The molecule has 51 heavy (non-hydrogen) atoms. The number of methoxy groups -OCH3 is 1. The molecule has 0 radical (unpaired) electrons. The number of carboxylic acid groups (broad SMARTS) is 1. The zero-order valence-electron chi connectivity index (χ0n) is 27.9. The number of carboxylic acids is 1. The lowest BCUT2D eigenvalue weighted by Crippen LogP contribution is -2.52. The first-order valence-corrected chi connectivity index (χ1v) is 16.4. The minimum Gasteiger partial charge on any atom is -0.496 e. The van der Waals surface area contributed by atoms with Crippen molar-refractivity contribution in [1.82, 2.24) is 19.4 Å². The number of halogens is 6. The number of alkyl halides is 6. The van der Waals surface area contributed by atoms with Crippen LogP contribution in [-0.4, -0.2) is 83.0 Å². The number of ether oxygens (including phenoxy) is 3. The summed E-state index contributed by atoms with van der Waals surface area (Å²) in [6.07, 6.45) is -5.95. The van der Waals surface area contributed by atoms with Crippen LogP contribution in [0.3, 0.4) is 0 Å². The Morgan fingerprint density at radius 1 is 1.06 bits per heavy atom. The van der Waals surface area contributed by atoms with Crippen LogP contribution in [0.4, 0.5) is 32.2 Å². The van der Waals surface area contributed by atoms with Gasteiger partial charge in [0.25, 0.3) is 6.43 Å². The Bertz CT molecular complexity index is 1880. The van der Waals surface area contributed by atoms with Crippen LogP contribution in [0.1, 0.15) is 47.1 Å². The molecule has 1 aliphatic carbocycles. The van der Waals surface area contributed by atoms with Gasteiger partial charge in [0.15, 0.2) is 0 Å². The molecule has 1 atom stereocenters. The van der Waals surface area contributed by atoms with E-state index in [1.807, 2.05) is 13.0 Å². The number of fused-ring (bicyclic) bond motifs is 1. The van der Waals surface area contributed by atoms with Crippen molar-refractivity contribution in [2.45, 2.75) is 58.1 Å². The number of hydrogen-bond acceptors (Lipinski definition) is 8. The van der Waals surface area contributed by atoms with Crippen LogP contribution in [0.2, 0.25) is 0 Å². The highest BCUT2D eigenvalue weighted by atomic mass is 19.4. The SMILES string of the molecule is COc1cc(C(F)(F)F)ccc1COc1cccc(N2CCN(Cc3nc4c(OCC(F)F)cc(C(=O)O)cc4n3CC3(CF)CC3)[C@@H](C)C2)n1. The van der Waals surface area contributed by atoms with Crippen molar-refractivity contribution in [3.63, 3.8) is 0 Å². The van der Waals surface area contributed by atoms with Gasteiger partial charge in [-0.3, -0.25) is 9.29 Å². The molecule has 6 rings (SSSR count). The number of carbonyl (C=O) groups is 1. The lowest BCUT2D eigenvalue weighted by atomic mass is 10.1. The van der Waals surface area contributed by atoms with E-state index in [0.717, 1.165) is 12.1 Å². The molecule has 16 heteroatoms. The fraction of sp³-hybridized carbons (Fsp3) is 0.457. The van der Waals surface area contributed by atoms with Gasteiger partial charge in [0.05, 0.1) is 37.0 Å². The van der Waals surface area contributed by atoms with E-state index in [0.29, 0.717) is 61.7 Å². The average molecular weight is 722 g/mol. The quantitative estimate of drug-likeness (QED) is 0.140. The van der Waals surface area contributed by atoms with Gasteiger partial charge in [-0.2, -0.15) is 18.2 Å². The lowest BCUT2D eigenvalue weighted by molar-refractivity contribution is -0.137. The normalized spacial score (nSPS) is 17.6. The number of pyridine rings is 1. The topological polar surface area (TPSA) is 102 Å². The summed E-state index contributed by atoms with van der Waals surface area (Å²) in [4.78, 5) is 25.6. The summed E-state index contributed by atoms with van der Waals surface area (Å²) in [6.45, 7) is 2.76. The highest BCUT2D eigenvalue weighted by molar-refractivity contribution is 5.95. The molecule has 3 heterocycles. The highest BCUT2D eigenvalue weighted by Crippen LogP contribution is 2.48. The molecule has 2 aliphatic rings. The largest absolute Gasteiger partial charge is 0.496 e. The summed E-state index contributed by atoms with van der Waals surface area (Å²) >= 11 is 0. The minimum absolute atomic E-state index is 0.0324. The van der Waals surface area contributed by atoms with Gasteiger partial charge in [0.1, 0.15) is 41.9 Å². The van der Waals surface area contributed by atoms with Crippen LogP contribution in [0.15, 0.2) is 48.5 Å². The standard InChI is InChI=1S/C35H37F6N5O5/c1-21-15-45(29-4-3-5-31(42-29)51-17-22-6-7-24(35(39,40)41)14-26(22)49-2)11-10-44(21)16-30-43-32-25(46(30)20-34(19-36)8-9-34)12-23(33(47)48)13-27(32)50-18-28(37)38/h3-7,12-14,21,28H,8-11,15-20H2,1-2H3,(H,47,48)/t21-/m0/s1. The molecule has 0 spiro atoms. The number of nitrogens with zero attached hydrogens (tertiary/aromatic N) is 5. The molecule has 0 bridgehead atoms. The predicted octanol–water partition coefficient (Wildman–Crippen LogP) is 6.84. The first-order chi connectivity index (χ1) is 24.3. The van der Waals surface area contributed by atoms with E-state index in [4.69, 9.17) is 19.2 Å². The van der Waals surface area contributed by atoms with E-state index in [2.05, 4.69) is 14.8 Å². The van der Waals surface area contributed by atoms with Crippen molar-refractivity contribution in [3.05, 3.63) is 71.0 Å². The number of aromatic nitrogens is 3. The van der Waals surface area contributed by atoms with Crippen LogP contribution in [0.5, 0.6) is 17.4 Å². The van der Waals surface area contributed by atoms with Crippen molar-refractivity contribution in [2.24, 2.45) is 5.41 Å². The molecule has 1 saturated heterocycles. The van der Waals surface area contributed by atoms with E-state index in [1.165, 1.54) is 25.3 Å². The monoisotopic (exact) mass is 721 g/mol. The Morgan fingerprint density at radius 2 is 1.84 bits per heavy atom. The molecule has 2 aromatic heterocycles. The van der Waals surface area contributed by atoms with Crippen molar-refractivity contribution in [1.29, 1.82) is 0 Å². The van der Waals surface area contributed by atoms with Gasteiger partial charge >= 0.3 is 12.1 Å². The summed E-state index contributed by atoms with van der Waals surface area (Å²) in [6, 6.07) is 11.1. The molecule has 274 valence electrons. The molecule has 1 saturated carbocycles. The number of aromatic carboxylic acids is 1. The smallest absolute Gasteiger partial charge is 0.416 e. The zero-order valence-corrected chi connectivity index (χ0v) is 27.9. The molecule has 1 aliphatic heterocycles. The fourth-order valence-electron chi connectivity index (χ4n) is 6.24. The Hall–Kier alpha value is -4.73. The maximum atomic E-state index is 14.1. The maximum absolute atomic E-state index is 14.1. The number of imidazole rings is 1. The van der Waals surface area contributed by atoms with Gasteiger partial charge in [-0.05, 0) is 50.1 Å². The first kappa shape index (κ1) is 36.1. The number of hydrogen-bond donors (Lipinski definition) is 1. The fourth-order valence-corrected chi connectivity index (χ4v) is 6.24. The summed E-state index contributed by atoms with van der Waals surface area (Å²) in [7, 11) is 1.29. The summed E-state index contributed by atoms with van der Waals surface area (Å²) in [5, 5.41) is 9.75. The number of rotatable bonds is 14. The Morgan fingerprint density at radius 3 is 2.49 bits per heavy atom. The van der Waals surface area contributed by atoms with E-state index < -0.39 is 42.8 Å². The molecular weight excluding hydrogens is 684 g/mol. The van der Waals surface area contributed by atoms with Crippen LogP contribution in [-0.2, 0) is 25.9 Å². The molecule has 0 unspecified atom stereocenters. The van der Waals surface area contributed by atoms with Gasteiger partial charge < -0.3 is 28.8 Å². The van der Waals surface area contributed by atoms with Gasteiger partial charge in [0, 0.05) is 49.3 Å². The summed E-state index contributed by atoms with van der Waals surface area (Å²) in [5.41, 5.74) is -0.509. The van der Waals surface area contributed by atoms with Crippen molar-refractivity contribution in [2.75, 3.05) is 44.9 Å². The molecule has 4 aromatic rings. The van der Waals surface area contributed by atoms with Crippen molar-refractivity contribution >= 4 is 22.8 Å². The third-order valence-electron chi connectivity index (χ3n) is 9.38. The third-order valence-corrected chi connectivity index (χ3v) is 9.38. The number of anilines is 1. The zero-order chi connectivity index (χ0) is 36.5. The van der Waals surface area contributed by atoms with E-state index in [9.17, 15) is 36.2 Å². The molecule has 2 fully saturated rings.